The molecule has 0 unspecified atom stereocenters. The Morgan fingerprint density at radius 1 is 1.14 bits per heavy atom. The summed E-state index contributed by atoms with van der Waals surface area (Å²) >= 11 is 11.8. The Morgan fingerprint density at radius 3 is 2.59 bits per heavy atom. The summed E-state index contributed by atoms with van der Waals surface area (Å²) in [5.74, 6) is -1.22. The Balaban J connectivity index is 2.03. The molecule has 0 saturated carbocycles. The van der Waals surface area contributed by atoms with Gasteiger partial charge in [-0.15, -0.1) is 0 Å². The van der Waals surface area contributed by atoms with Crippen LogP contribution >= 0.6 is 23.2 Å². The number of aromatic carboxylic acids is 1. The highest BCUT2D eigenvalue weighted by Crippen LogP contribution is 2.23. The molecule has 2 aromatic rings. The molecular formula is C16H12Cl2NO3-. The molecule has 0 aliphatic carbocycles. The average molecular weight is 337 g/mol. The molecule has 2 aromatic carbocycles. The second-order valence-electron chi connectivity index (χ2n) is 4.57. The zero-order chi connectivity index (χ0) is 16.1. The molecule has 22 heavy (non-hydrogen) atoms. The van der Waals surface area contributed by atoms with Gasteiger partial charge in [0.15, 0.2) is 0 Å². The van der Waals surface area contributed by atoms with Crippen LogP contribution in [-0.2, 0) is 11.4 Å². The van der Waals surface area contributed by atoms with Gasteiger partial charge in [-0.25, -0.2) is 0 Å². The standard InChI is InChI=1S/C16H13Cl2NO3/c1-10(12-5-6-14(17)15(18)8-12)19-22-9-11-3-2-4-13(7-11)16(20)21/h2-8H,9H2,1H3,(H,20,21)/p-1. The highest BCUT2D eigenvalue weighted by atomic mass is 35.5. The van der Waals surface area contributed by atoms with Crippen LogP contribution in [0.4, 0.5) is 0 Å². The smallest absolute Gasteiger partial charge is 0.142 e. The predicted octanol–water partition coefficient (Wildman–Crippen LogP) is 3.30. The molecule has 6 heteroatoms. The zero-order valence-electron chi connectivity index (χ0n) is 11.7. The molecule has 0 aromatic heterocycles. The molecule has 0 N–H and O–H groups in total. The van der Waals surface area contributed by atoms with Gasteiger partial charge in [-0.2, -0.15) is 0 Å². The van der Waals surface area contributed by atoms with Gasteiger partial charge in [-0.05, 0) is 36.2 Å². The lowest BCUT2D eigenvalue weighted by atomic mass is 10.1. The summed E-state index contributed by atoms with van der Waals surface area (Å²) in [6.07, 6.45) is 0. The summed E-state index contributed by atoms with van der Waals surface area (Å²) in [5, 5.41) is 15.7. The van der Waals surface area contributed by atoms with Crippen molar-refractivity contribution >= 4 is 34.9 Å². The Morgan fingerprint density at radius 2 is 1.91 bits per heavy atom. The highest BCUT2D eigenvalue weighted by Gasteiger charge is 2.03. The van der Waals surface area contributed by atoms with Gasteiger partial charge < -0.3 is 14.7 Å². The number of oxime groups is 1. The van der Waals surface area contributed by atoms with Crippen molar-refractivity contribution in [2.75, 3.05) is 0 Å². The van der Waals surface area contributed by atoms with Crippen LogP contribution in [0.1, 0.15) is 28.4 Å². The fraction of sp³-hybridized carbons (Fsp3) is 0.125. The van der Waals surface area contributed by atoms with Crippen molar-refractivity contribution in [1.29, 1.82) is 0 Å². The normalized spacial score (nSPS) is 11.3. The third-order valence-corrected chi connectivity index (χ3v) is 3.67. The average Bonchev–Trinajstić information content (AvgIpc) is 2.50. The molecule has 2 rings (SSSR count). The van der Waals surface area contributed by atoms with E-state index in [2.05, 4.69) is 5.16 Å². The van der Waals surface area contributed by atoms with E-state index in [-0.39, 0.29) is 12.2 Å². The fourth-order valence-electron chi connectivity index (χ4n) is 1.77. The minimum atomic E-state index is -1.22. The first-order valence-corrected chi connectivity index (χ1v) is 7.15. The number of benzene rings is 2. The third-order valence-electron chi connectivity index (χ3n) is 2.93. The summed E-state index contributed by atoms with van der Waals surface area (Å²) < 4.78 is 0. The first-order valence-electron chi connectivity index (χ1n) is 6.39. The number of carboxylic acid groups (broad SMARTS) is 1. The molecule has 0 fully saturated rings. The molecule has 0 aliphatic rings. The molecule has 0 atom stereocenters. The minimum Gasteiger partial charge on any atom is -0.545 e. The second-order valence-corrected chi connectivity index (χ2v) is 5.38. The van der Waals surface area contributed by atoms with E-state index in [1.807, 2.05) is 0 Å². The van der Waals surface area contributed by atoms with E-state index in [1.165, 1.54) is 12.1 Å². The van der Waals surface area contributed by atoms with E-state index in [0.717, 1.165) is 5.56 Å². The van der Waals surface area contributed by atoms with Crippen LogP contribution in [0.2, 0.25) is 10.0 Å². The van der Waals surface area contributed by atoms with E-state index < -0.39 is 5.97 Å². The lowest BCUT2D eigenvalue weighted by Crippen LogP contribution is -2.22. The maximum atomic E-state index is 10.8. The van der Waals surface area contributed by atoms with E-state index in [4.69, 9.17) is 28.0 Å². The predicted molar refractivity (Wildman–Crippen MR) is 84.2 cm³/mol. The van der Waals surface area contributed by atoms with Crippen LogP contribution in [0.25, 0.3) is 0 Å². The number of carbonyl (C=O) groups is 1. The summed E-state index contributed by atoms with van der Waals surface area (Å²) in [6.45, 7) is 1.93. The Kier molecular flexibility index (Phi) is 5.41. The number of hydrogen-bond donors (Lipinski definition) is 0. The molecular weight excluding hydrogens is 325 g/mol. The van der Waals surface area contributed by atoms with Crippen molar-refractivity contribution < 1.29 is 14.7 Å². The van der Waals surface area contributed by atoms with Crippen LogP contribution in [0.3, 0.4) is 0 Å². The zero-order valence-corrected chi connectivity index (χ0v) is 13.2. The summed E-state index contributed by atoms with van der Waals surface area (Å²) in [5.41, 5.74) is 2.21. The van der Waals surface area contributed by atoms with Crippen LogP contribution < -0.4 is 5.11 Å². The Labute approximate surface area is 137 Å². The topological polar surface area (TPSA) is 61.7 Å². The maximum absolute atomic E-state index is 10.8. The molecule has 114 valence electrons. The van der Waals surface area contributed by atoms with Crippen LogP contribution in [0.5, 0.6) is 0 Å². The van der Waals surface area contributed by atoms with Crippen LogP contribution in [0, 0.1) is 0 Å². The van der Waals surface area contributed by atoms with Crippen molar-refractivity contribution in [3.63, 3.8) is 0 Å². The van der Waals surface area contributed by atoms with Gasteiger partial charge in [0.05, 0.1) is 21.7 Å². The van der Waals surface area contributed by atoms with Gasteiger partial charge in [0.1, 0.15) is 6.61 Å². The first-order chi connectivity index (χ1) is 10.5. The summed E-state index contributed by atoms with van der Waals surface area (Å²) in [7, 11) is 0. The third kappa shape index (κ3) is 4.23. The Hall–Kier alpha value is -2.04. The first kappa shape index (κ1) is 16.3. The summed E-state index contributed by atoms with van der Waals surface area (Å²) in [4.78, 5) is 16.0. The van der Waals surface area contributed by atoms with Gasteiger partial charge in [0, 0.05) is 5.56 Å². The van der Waals surface area contributed by atoms with Crippen LogP contribution in [0.15, 0.2) is 47.6 Å². The molecule has 0 spiro atoms. The van der Waals surface area contributed by atoms with Crippen molar-refractivity contribution in [1.82, 2.24) is 0 Å². The van der Waals surface area contributed by atoms with Crippen molar-refractivity contribution in [3.05, 3.63) is 69.2 Å². The number of rotatable bonds is 5. The number of hydrogen-bond acceptors (Lipinski definition) is 4. The molecule has 0 amide bonds. The van der Waals surface area contributed by atoms with E-state index in [1.54, 1.807) is 37.3 Å². The maximum Gasteiger partial charge on any atom is 0.142 e. The van der Waals surface area contributed by atoms with E-state index in [9.17, 15) is 9.90 Å². The molecule has 0 aliphatic heterocycles. The van der Waals surface area contributed by atoms with E-state index >= 15 is 0 Å². The molecule has 0 saturated heterocycles. The lowest BCUT2D eigenvalue weighted by Gasteiger charge is -2.06. The fourth-order valence-corrected chi connectivity index (χ4v) is 2.06. The van der Waals surface area contributed by atoms with Gasteiger partial charge in [-0.1, -0.05) is 52.6 Å². The molecule has 0 bridgehead atoms. The van der Waals surface area contributed by atoms with Crippen molar-refractivity contribution in [2.24, 2.45) is 5.16 Å². The molecule has 4 nitrogen and oxygen atoms in total. The minimum absolute atomic E-state index is 0.103. The molecule has 0 radical (unpaired) electrons. The molecule has 0 heterocycles. The van der Waals surface area contributed by atoms with Crippen LogP contribution in [-0.4, -0.2) is 11.7 Å². The largest absolute Gasteiger partial charge is 0.545 e. The van der Waals surface area contributed by atoms with Gasteiger partial charge in [0.25, 0.3) is 0 Å². The lowest BCUT2D eigenvalue weighted by molar-refractivity contribution is -0.255. The second kappa shape index (κ2) is 7.29. The van der Waals surface area contributed by atoms with Gasteiger partial charge >= 0.3 is 0 Å². The number of carbonyl (C=O) groups excluding carboxylic acids is 1. The highest BCUT2D eigenvalue weighted by molar-refractivity contribution is 6.42. The number of nitrogens with zero attached hydrogens (tertiary/aromatic N) is 1. The van der Waals surface area contributed by atoms with Gasteiger partial charge in [-0.3, -0.25) is 0 Å². The Bertz CT molecular complexity index is 729. The SMILES string of the molecule is CC(=NOCc1cccc(C(=O)[O-])c1)c1ccc(Cl)c(Cl)c1. The van der Waals surface area contributed by atoms with Crippen molar-refractivity contribution in [2.45, 2.75) is 13.5 Å². The van der Waals surface area contributed by atoms with Crippen molar-refractivity contribution in [3.8, 4) is 0 Å². The number of halogens is 2. The monoisotopic (exact) mass is 336 g/mol. The quantitative estimate of drug-likeness (QED) is 0.621. The summed E-state index contributed by atoms with van der Waals surface area (Å²) in [6, 6.07) is 11.5. The van der Waals surface area contributed by atoms with Gasteiger partial charge in [0.2, 0.25) is 0 Å². The number of carboxylic acids is 1. The van der Waals surface area contributed by atoms with E-state index in [0.29, 0.717) is 21.3 Å².